The Morgan fingerprint density at radius 2 is 1.50 bits per heavy atom. The average molecular weight is 362 g/mol. The molecule has 0 spiro atoms. The number of ether oxygens (including phenoxy) is 1. The molecule has 2 nitrogen and oxygen atoms in total. The van der Waals surface area contributed by atoms with Gasteiger partial charge in [0.05, 0.1) is 0 Å². The largest absolute Gasteiger partial charge is 0.369 e. The summed E-state index contributed by atoms with van der Waals surface area (Å²) in [4.78, 5) is 0. The molecule has 2 aromatic rings. The van der Waals surface area contributed by atoms with Crippen molar-refractivity contribution in [2.24, 2.45) is 0 Å². The first kappa shape index (κ1) is 18.6. The van der Waals surface area contributed by atoms with E-state index >= 15 is 0 Å². The zero-order valence-corrected chi connectivity index (χ0v) is 14.7. The highest BCUT2D eigenvalue weighted by molar-refractivity contribution is 8.93. The summed E-state index contributed by atoms with van der Waals surface area (Å²) in [5.74, 6) is 0. The van der Waals surface area contributed by atoms with Crippen molar-refractivity contribution in [1.82, 2.24) is 5.32 Å². The molecule has 0 atom stereocenters. The first-order valence-electron chi connectivity index (χ1n) is 7.31. The van der Waals surface area contributed by atoms with Crippen molar-refractivity contribution in [3.63, 3.8) is 0 Å². The highest BCUT2D eigenvalue weighted by Gasteiger charge is 2.33. The first-order valence-corrected chi connectivity index (χ1v) is 7.31. The van der Waals surface area contributed by atoms with Gasteiger partial charge in [0, 0.05) is 13.7 Å². The number of halogens is 1. The van der Waals surface area contributed by atoms with Gasteiger partial charge < -0.3 is 10.1 Å². The summed E-state index contributed by atoms with van der Waals surface area (Å²) in [5.41, 5.74) is 1.94. The van der Waals surface area contributed by atoms with Crippen molar-refractivity contribution >= 4 is 17.0 Å². The second-order valence-corrected chi connectivity index (χ2v) is 5.01. The van der Waals surface area contributed by atoms with E-state index in [-0.39, 0.29) is 17.0 Å². The van der Waals surface area contributed by atoms with Crippen LogP contribution >= 0.6 is 17.0 Å². The van der Waals surface area contributed by atoms with Crippen LogP contribution in [-0.2, 0) is 10.3 Å². The van der Waals surface area contributed by atoms with Crippen LogP contribution in [0.15, 0.2) is 73.3 Å². The average Bonchev–Trinajstić information content (AvgIpc) is 2.57. The zero-order valence-electron chi connectivity index (χ0n) is 13.0. The Kier molecular flexibility index (Phi) is 8.10. The molecular formula is C19H24BrNO. The fourth-order valence-electron chi connectivity index (χ4n) is 2.68. The second kappa shape index (κ2) is 9.57. The summed E-state index contributed by atoms with van der Waals surface area (Å²) >= 11 is 0. The molecule has 0 aliphatic carbocycles. The minimum atomic E-state index is -0.420. The zero-order chi connectivity index (χ0) is 15.0. The predicted molar refractivity (Wildman–Crippen MR) is 98.7 cm³/mol. The molecule has 2 aromatic carbocycles. The molecule has 0 aromatic heterocycles. The van der Waals surface area contributed by atoms with Crippen LogP contribution in [0.3, 0.4) is 0 Å². The summed E-state index contributed by atoms with van der Waals surface area (Å²) in [6.07, 6.45) is 2.74. The number of rotatable bonds is 8. The molecule has 3 heteroatoms. The number of methoxy groups -OCH3 is 1. The third-order valence-corrected chi connectivity index (χ3v) is 3.77. The Morgan fingerprint density at radius 3 is 1.91 bits per heavy atom. The van der Waals surface area contributed by atoms with E-state index in [1.165, 1.54) is 11.1 Å². The van der Waals surface area contributed by atoms with Gasteiger partial charge in [0.25, 0.3) is 0 Å². The number of nitrogens with one attached hydrogen (secondary N) is 1. The molecule has 0 bridgehead atoms. The minimum absolute atomic E-state index is 0. The maximum Gasteiger partial charge on any atom is 0.119 e. The lowest BCUT2D eigenvalue weighted by Crippen LogP contribution is -2.34. The van der Waals surface area contributed by atoms with Gasteiger partial charge in [-0.05, 0) is 24.1 Å². The van der Waals surface area contributed by atoms with Gasteiger partial charge in [-0.3, -0.25) is 0 Å². The maximum atomic E-state index is 6.02. The Morgan fingerprint density at radius 1 is 1.00 bits per heavy atom. The Labute approximate surface area is 144 Å². The van der Waals surface area contributed by atoms with Crippen molar-refractivity contribution in [3.8, 4) is 0 Å². The van der Waals surface area contributed by atoms with E-state index in [9.17, 15) is 0 Å². The van der Waals surface area contributed by atoms with Crippen LogP contribution in [0.1, 0.15) is 17.5 Å². The summed E-state index contributed by atoms with van der Waals surface area (Å²) in [7, 11) is 1.79. The normalized spacial score (nSPS) is 10.8. The Balaban J connectivity index is 0.00000242. The van der Waals surface area contributed by atoms with Gasteiger partial charge in [-0.2, -0.15) is 0 Å². The van der Waals surface area contributed by atoms with Gasteiger partial charge in [0.1, 0.15) is 5.60 Å². The molecule has 0 aliphatic heterocycles. The van der Waals surface area contributed by atoms with Crippen LogP contribution in [0.25, 0.3) is 0 Å². The van der Waals surface area contributed by atoms with Crippen LogP contribution in [0, 0.1) is 0 Å². The maximum absolute atomic E-state index is 6.02. The van der Waals surface area contributed by atoms with E-state index < -0.39 is 5.60 Å². The molecule has 0 amide bonds. The molecule has 2 rings (SSSR count). The van der Waals surface area contributed by atoms with Crippen molar-refractivity contribution in [3.05, 3.63) is 84.4 Å². The molecule has 0 saturated heterocycles. The van der Waals surface area contributed by atoms with Gasteiger partial charge in [0.15, 0.2) is 0 Å². The molecule has 118 valence electrons. The molecule has 0 fully saturated rings. The highest BCUT2D eigenvalue weighted by atomic mass is 79.9. The summed E-state index contributed by atoms with van der Waals surface area (Å²) in [6, 6.07) is 20.8. The fraction of sp³-hybridized carbons (Fsp3) is 0.263. The topological polar surface area (TPSA) is 21.3 Å². The third-order valence-electron chi connectivity index (χ3n) is 3.77. The molecule has 0 unspecified atom stereocenters. The fourth-order valence-corrected chi connectivity index (χ4v) is 2.68. The summed E-state index contributed by atoms with van der Waals surface area (Å²) < 4.78 is 6.02. The van der Waals surface area contributed by atoms with Crippen LogP contribution < -0.4 is 5.32 Å². The van der Waals surface area contributed by atoms with E-state index in [4.69, 9.17) is 4.74 Å². The lowest BCUT2D eigenvalue weighted by Gasteiger charge is -2.34. The predicted octanol–water partition coefficient (Wildman–Crippen LogP) is 4.32. The van der Waals surface area contributed by atoms with E-state index in [1.54, 1.807) is 7.11 Å². The summed E-state index contributed by atoms with van der Waals surface area (Å²) in [5, 5.41) is 3.37. The van der Waals surface area contributed by atoms with Crippen molar-refractivity contribution in [1.29, 1.82) is 0 Å². The van der Waals surface area contributed by atoms with Crippen molar-refractivity contribution in [2.45, 2.75) is 12.0 Å². The second-order valence-electron chi connectivity index (χ2n) is 5.01. The van der Waals surface area contributed by atoms with Crippen molar-refractivity contribution in [2.75, 3.05) is 20.2 Å². The number of hydrogen-bond donors (Lipinski definition) is 1. The van der Waals surface area contributed by atoms with Gasteiger partial charge in [-0.15, -0.1) is 23.6 Å². The van der Waals surface area contributed by atoms with Crippen LogP contribution in [0.5, 0.6) is 0 Å². The molecule has 0 heterocycles. The lowest BCUT2D eigenvalue weighted by atomic mass is 9.83. The van der Waals surface area contributed by atoms with Gasteiger partial charge in [-0.25, -0.2) is 0 Å². The standard InChI is InChI=1S/C19H23NO.BrH/c1-3-15-20-16-14-19(21-2,17-10-6-4-7-11-17)18-12-8-5-9-13-18;/h3-13,20H,1,14-16H2,2H3;1H. The highest BCUT2D eigenvalue weighted by Crippen LogP contribution is 2.36. The SMILES string of the molecule is Br.C=CCNCCC(OC)(c1ccccc1)c1ccccc1. The number of benzene rings is 2. The van der Waals surface area contributed by atoms with E-state index in [0.717, 1.165) is 19.5 Å². The first-order chi connectivity index (χ1) is 10.3. The van der Waals surface area contributed by atoms with Gasteiger partial charge >= 0.3 is 0 Å². The van der Waals surface area contributed by atoms with Crippen LogP contribution in [0.4, 0.5) is 0 Å². The van der Waals surface area contributed by atoms with Crippen molar-refractivity contribution < 1.29 is 4.74 Å². The van der Waals surface area contributed by atoms with Gasteiger partial charge in [0.2, 0.25) is 0 Å². The molecule has 22 heavy (non-hydrogen) atoms. The monoisotopic (exact) mass is 361 g/mol. The molecule has 0 saturated carbocycles. The third kappa shape index (κ3) is 4.29. The van der Waals surface area contributed by atoms with Crippen LogP contribution in [-0.4, -0.2) is 20.2 Å². The lowest BCUT2D eigenvalue weighted by molar-refractivity contribution is 0.0149. The molecule has 0 radical (unpaired) electrons. The quantitative estimate of drug-likeness (QED) is 0.558. The van der Waals surface area contributed by atoms with E-state index in [2.05, 4.69) is 60.4 Å². The Hall–Kier alpha value is -1.42. The molecule has 0 aliphatic rings. The summed E-state index contributed by atoms with van der Waals surface area (Å²) in [6.45, 7) is 5.41. The molecular weight excluding hydrogens is 338 g/mol. The smallest absolute Gasteiger partial charge is 0.119 e. The molecule has 1 N–H and O–H groups in total. The van der Waals surface area contributed by atoms with E-state index in [0.29, 0.717) is 0 Å². The van der Waals surface area contributed by atoms with Gasteiger partial charge in [-0.1, -0.05) is 66.7 Å². The number of hydrogen-bond acceptors (Lipinski definition) is 2. The van der Waals surface area contributed by atoms with E-state index in [1.807, 2.05) is 18.2 Å². The Bertz CT molecular complexity index is 502. The van der Waals surface area contributed by atoms with Crippen LogP contribution in [0.2, 0.25) is 0 Å². The minimum Gasteiger partial charge on any atom is -0.369 e.